The topological polar surface area (TPSA) is 55.2 Å². The number of nitrogens with zero attached hydrogens (tertiary/aromatic N) is 3. The second-order valence-corrected chi connectivity index (χ2v) is 4.86. The van der Waals surface area contributed by atoms with Crippen molar-refractivity contribution < 1.29 is 4.79 Å². The molecule has 0 aliphatic carbocycles. The number of benzene rings is 1. The van der Waals surface area contributed by atoms with Crippen LogP contribution in [0, 0.1) is 6.92 Å². The molecule has 5 nitrogen and oxygen atoms in total. The molecule has 21 heavy (non-hydrogen) atoms. The third kappa shape index (κ3) is 4.02. The van der Waals surface area contributed by atoms with Gasteiger partial charge in [0.25, 0.3) is 5.56 Å². The Morgan fingerprint density at radius 3 is 2.57 bits per heavy atom. The lowest BCUT2D eigenvalue weighted by molar-refractivity contribution is -0.132. The van der Waals surface area contributed by atoms with Gasteiger partial charge in [0.1, 0.15) is 6.54 Å². The average Bonchev–Trinajstić information content (AvgIpc) is 2.49. The van der Waals surface area contributed by atoms with Crippen molar-refractivity contribution in [1.82, 2.24) is 14.7 Å². The van der Waals surface area contributed by atoms with Gasteiger partial charge < -0.3 is 4.90 Å². The first-order valence-corrected chi connectivity index (χ1v) is 6.96. The first-order valence-electron chi connectivity index (χ1n) is 6.96. The van der Waals surface area contributed by atoms with Crippen LogP contribution in [0.25, 0.3) is 0 Å². The average molecular weight is 285 g/mol. The van der Waals surface area contributed by atoms with Crippen LogP contribution in [-0.2, 0) is 17.9 Å². The summed E-state index contributed by atoms with van der Waals surface area (Å²) < 4.78 is 1.21. The molecule has 0 radical (unpaired) electrons. The predicted molar refractivity (Wildman–Crippen MR) is 80.8 cm³/mol. The van der Waals surface area contributed by atoms with E-state index in [9.17, 15) is 9.59 Å². The molecule has 110 valence electrons. The van der Waals surface area contributed by atoms with Crippen LogP contribution in [0.4, 0.5) is 0 Å². The van der Waals surface area contributed by atoms with E-state index >= 15 is 0 Å². The zero-order valence-corrected chi connectivity index (χ0v) is 12.3. The Labute approximate surface area is 123 Å². The molecule has 0 unspecified atom stereocenters. The van der Waals surface area contributed by atoms with Crippen molar-refractivity contribution in [2.24, 2.45) is 0 Å². The van der Waals surface area contributed by atoms with Gasteiger partial charge in [-0.25, -0.2) is 4.68 Å². The van der Waals surface area contributed by atoms with E-state index in [4.69, 9.17) is 0 Å². The molecule has 0 saturated carbocycles. The zero-order chi connectivity index (χ0) is 15.2. The molecular formula is C16H19N3O2. The summed E-state index contributed by atoms with van der Waals surface area (Å²) in [5.41, 5.74) is 1.52. The molecule has 0 aliphatic heterocycles. The molecular weight excluding hydrogens is 266 g/mol. The highest BCUT2D eigenvalue weighted by molar-refractivity contribution is 5.75. The van der Waals surface area contributed by atoms with Gasteiger partial charge in [-0.1, -0.05) is 30.3 Å². The summed E-state index contributed by atoms with van der Waals surface area (Å²) in [7, 11) is 0. The smallest absolute Gasteiger partial charge is 0.267 e. The first kappa shape index (κ1) is 15.0. The molecule has 0 aliphatic rings. The molecule has 0 atom stereocenters. The van der Waals surface area contributed by atoms with E-state index in [1.807, 2.05) is 37.3 Å². The third-order valence-corrected chi connectivity index (χ3v) is 3.24. The summed E-state index contributed by atoms with van der Waals surface area (Å²) in [6, 6.07) is 12.9. The summed E-state index contributed by atoms with van der Waals surface area (Å²) in [6.07, 6.45) is 0. The SMILES string of the molecule is CCN(Cc1ccccc1)C(=O)Cn1nc(C)ccc1=O. The first-order chi connectivity index (χ1) is 10.1. The molecule has 0 N–H and O–H groups in total. The standard InChI is InChI=1S/C16H19N3O2/c1-3-18(11-14-7-5-4-6-8-14)16(21)12-19-15(20)10-9-13(2)17-19/h4-10H,3,11-12H2,1-2H3. The van der Waals surface area contributed by atoms with Gasteiger partial charge in [0.2, 0.25) is 5.91 Å². The molecule has 1 aromatic carbocycles. The van der Waals surface area contributed by atoms with Crippen LogP contribution in [0.3, 0.4) is 0 Å². The normalized spacial score (nSPS) is 10.4. The minimum atomic E-state index is -0.260. The number of likely N-dealkylation sites (N-methyl/N-ethyl adjacent to an activating group) is 1. The molecule has 2 rings (SSSR count). The second kappa shape index (κ2) is 6.83. The largest absolute Gasteiger partial charge is 0.337 e. The Balaban J connectivity index is 2.10. The molecule has 2 aromatic rings. The summed E-state index contributed by atoms with van der Waals surface area (Å²) in [5, 5.41) is 4.09. The number of carbonyl (C=O) groups excluding carboxylic acids is 1. The maximum absolute atomic E-state index is 12.3. The minimum Gasteiger partial charge on any atom is -0.337 e. The second-order valence-electron chi connectivity index (χ2n) is 4.86. The number of rotatable bonds is 5. The number of hydrogen-bond acceptors (Lipinski definition) is 3. The molecule has 0 spiro atoms. The Bertz CT molecular complexity index is 665. The molecule has 0 saturated heterocycles. The Morgan fingerprint density at radius 2 is 1.90 bits per heavy atom. The molecule has 1 amide bonds. The van der Waals surface area contributed by atoms with E-state index < -0.39 is 0 Å². The highest BCUT2D eigenvalue weighted by Crippen LogP contribution is 2.05. The van der Waals surface area contributed by atoms with Gasteiger partial charge in [0.15, 0.2) is 0 Å². The maximum Gasteiger partial charge on any atom is 0.267 e. The lowest BCUT2D eigenvalue weighted by Crippen LogP contribution is -2.36. The summed E-state index contributed by atoms with van der Waals surface area (Å²) in [4.78, 5) is 25.8. The van der Waals surface area contributed by atoms with Crippen molar-refractivity contribution in [2.75, 3.05) is 6.54 Å². The van der Waals surface area contributed by atoms with Crippen LogP contribution in [-0.4, -0.2) is 27.1 Å². The van der Waals surface area contributed by atoms with Crippen LogP contribution in [0.15, 0.2) is 47.3 Å². The molecule has 1 aromatic heterocycles. The van der Waals surface area contributed by atoms with Crippen LogP contribution >= 0.6 is 0 Å². The number of aryl methyl sites for hydroxylation is 1. The van der Waals surface area contributed by atoms with Crippen LogP contribution in [0.5, 0.6) is 0 Å². The van der Waals surface area contributed by atoms with Crippen molar-refractivity contribution >= 4 is 5.91 Å². The highest BCUT2D eigenvalue weighted by atomic mass is 16.2. The van der Waals surface area contributed by atoms with E-state index in [2.05, 4.69) is 5.10 Å². The molecule has 1 heterocycles. The van der Waals surface area contributed by atoms with Crippen LogP contribution in [0.1, 0.15) is 18.2 Å². The van der Waals surface area contributed by atoms with Gasteiger partial charge in [-0.05, 0) is 25.5 Å². The number of amides is 1. The van der Waals surface area contributed by atoms with E-state index in [1.165, 1.54) is 10.7 Å². The van der Waals surface area contributed by atoms with Crippen molar-refractivity contribution in [2.45, 2.75) is 26.9 Å². The zero-order valence-electron chi connectivity index (χ0n) is 12.3. The fourth-order valence-corrected chi connectivity index (χ4v) is 2.07. The minimum absolute atomic E-state index is 0.0266. The van der Waals surface area contributed by atoms with E-state index in [0.717, 1.165) is 5.56 Å². The molecule has 0 fully saturated rings. The summed E-state index contributed by atoms with van der Waals surface area (Å²) in [5.74, 6) is -0.110. The van der Waals surface area contributed by atoms with Crippen molar-refractivity contribution in [3.8, 4) is 0 Å². The highest BCUT2D eigenvalue weighted by Gasteiger charge is 2.14. The predicted octanol–water partition coefficient (Wildman–Crippen LogP) is 1.60. The number of hydrogen-bond donors (Lipinski definition) is 0. The Hall–Kier alpha value is -2.43. The van der Waals surface area contributed by atoms with Crippen LogP contribution < -0.4 is 5.56 Å². The van der Waals surface area contributed by atoms with Crippen LogP contribution in [0.2, 0.25) is 0 Å². The fourth-order valence-electron chi connectivity index (χ4n) is 2.07. The van der Waals surface area contributed by atoms with E-state index in [1.54, 1.807) is 17.9 Å². The third-order valence-electron chi connectivity index (χ3n) is 3.24. The quantitative estimate of drug-likeness (QED) is 0.838. The van der Waals surface area contributed by atoms with E-state index in [0.29, 0.717) is 18.8 Å². The van der Waals surface area contributed by atoms with Gasteiger partial charge in [-0.2, -0.15) is 5.10 Å². The van der Waals surface area contributed by atoms with Crippen molar-refractivity contribution in [3.05, 3.63) is 64.1 Å². The van der Waals surface area contributed by atoms with Gasteiger partial charge in [-0.15, -0.1) is 0 Å². The van der Waals surface area contributed by atoms with Crippen molar-refractivity contribution in [3.63, 3.8) is 0 Å². The monoisotopic (exact) mass is 285 g/mol. The Kier molecular flexibility index (Phi) is 4.87. The maximum atomic E-state index is 12.3. The van der Waals surface area contributed by atoms with E-state index in [-0.39, 0.29) is 18.0 Å². The summed E-state index contributed by atoms with van der Waals surface area (Å²) in [6.45, 7) is 4.82. The van der Waals surface area contributed by atoms with Gasteiger partial charge in [0.05, 0.1) is 5.69 Å². The number of aromatic nitrogens is 2. The Morgan fingerprint density at radius 1 is 1.19 bits per heavy atom. The lowest BCUT2D eigenvalue weighted by Gasteiger charge is -2.21. The van der Waals surface area contributed by atoms with Gasteiger partial charge in [0, 0.05) is 19.2 Å². The van der Waals surface area contributed by atoms with Gasteiger partial charge >= 0.3 is 0 Å². The van der Waals surface area contributed by atoms with Crippen molar-refractivity contribution in [1.29, 1.82) is 0 Å². The lowest BCUT2D eigenvalue weighted by atomic mass is 10.2. The molecule has 5 heteroatoms. The molecule has 0 bridgehead atoms. The van der Waals surface area contributed by atoms with Gasteiger partial charge in [-0.3, -0.25) is 9.59 Å². The number of carbonyl (C=O) groups is 1. The summed E-state index contributed by atoms with van der Waals surface area (Å²) >= 11 is 0. The fraction of sp³-hybridized carbons (Fsp3) is 0.312.